The van der Waals surface area contributed by atoms with Gasteiger partial charge >= 0.3 is 6.36 Å². The van der Waals surface area contributed by atoms with E-state index in [9.17, 15) is 13.2 Å². The van der Waals surface area contributed by atoms with Gasteiger partial charge in [0.1, 0.15) is 5.75 Å². The number of alkyl halides is 3. The van der Waals surface area contributed by atoms with Crippen LogP contribution in [0, 0.1) is 5.92 Å². The molecule has 0 fully saturated rings. The van der Waals surface area contributed by atoms with Crippen LogP contribution >= 0.6 is 0 Å². The fourth-order valence-corrected chi connectivity index (χ4v) is 2.13. The second kappa shape index (κ2) is 7.31. The van der Waals surface area contributed by atoms with Crippen molar-refractivity contribution in [1.29, 1.82) is 0 Å². The van der Waals surface area contributed by atoms with Crippen molar-refractivity contribution in [2.45, 2.75) is 26.4 Å². The Bertz CT molecular complexity index is 570. The zero-order chi connectivity index (χ0) is 16.0. The summed E-state index contributed by atoms with van der Waals surface area (Å²) in [6.07, 6.45) is 0.723. The minimum Gasteiger partial charge on any atom is -0.406 e. The molecule has 1 heterocycles. The molecule has 1 unspecified atom stereocenters. The third-order valence-electron chi connectivity index (χ3n) is 3.04. The Morgan fingerprint density at radius 3 is 2.86 bits per heavy atom. The van der Waals surface area contributed by atoms with Crippen LogP contribution in [0.15, 0.2) is 43.0 Å². The van der Waals surface area contributed by atoms with Crippen molar-refractivity contribution in [1.82, 2.24) is 14.9 Å². The SMILES string of the molecule is CC(CNCc1cccc(OC(F)(F)F)c1)Cn1ccnc1. The molecule has 1 atom stereocenters. The van der Waals surface area contributed by atoms with Gasteiger partial charge in [-0.1, -0.05) is 19.1 Å². The standard InChI is InChI=1S/C15H18F3N3O/c1-12(10-21-6-5-19-11-21)8-20-9-13-3-2-4-14(7-13)22-15(16,17)18/h2-7,11-12,20H,8-10H2,1H3. The van der Waals surface area contributed by atoms with Gasteiger partial charge in [0.15, 0.2) is 0 Å². The molecule has 2 aromatic rings. The van der Waals surface area contributed by atoms with E-state index in [0.29, 0.717) is 12.5 Å². The predicted octanol–water partition coefficient (Wildman–Crippen LogP) is 3.21. The van der Waals surface area contributed by atoms with Gasteiger partial charge in [-0.05, 0) is 30.2 Å². The van der Waals surface area contributed by atoms with E-state index < -0.39 is 6.36 Å². The number of rotatable bonds is 7. The highest BCUT2D eigenvalue weighted by Crippen LogP contribution is 2.23. The fraction of sp³-hybridized carbons (Fsp3) is 0.400. The lowest BCUT2D eigenvalue weighted by molar-refractivity contribution is -0.274. The monoisotopic (exact) mass is 313 g/mol. The summed E-state index contributed by atoms with van der Waals surface area (Å²) in [6, 6.07) is 5.99. The molecule has 0 aliphatic heterocycles. The van der Waals surface area contributed by atoms with Crippen molar-refractivity contribution in [3.63, 3.8) is 0 Å². The molecule has 0 saturated heterocycles. The minimum absolute atomic E-state index is 0.196. The van der Waals surface area contributed by atoms with E-state index in [0.717, 1.165) is 18.7 Å². The van der Waals surface area contributed by atoms with Crippen molar-refractivity contribution in [2.75, 3.05) is 6.54 Å². The summed E-state index contributed by atoms with van der Waals surface area (Å²) in [6.45, 7) is 4.17. The lowest BCUT2D eigenvalue weighted by Gasteiger charge is -2.14. The summed E-state index contributed by atoms with van der Waals surface area (Å²) in [5.41, 5.74) is 0.747. The molecule has 4 nitrogen and oxygen atoms in total. The average molecular weight is 313 g/mol. The molecule has 0 amide bonds. The second-order valence-corrected chi connectivity index (χ2v) is 5.19. The van der Waals surface area contributed by atoms with Crippen molar-refractivity contribution in [3.8, 4) is 5.75 Å². The molecular weight excluding hydrogens is 295 g/mol. The summed E-state index contributed by atoms with van der Waals surface area (Å²) in [4.78, 5) is 3.98. The van der Waals surface area contributed by atoms with Crippen LogP contribution in [0.25, 0.3) is 0 Å². The third-order valence-corrected chi connectivity index (χ3v) is 3.04. The summed E-state index contributed by atoms with van der Waals surface area (Å²) in [5, 5.41) is 3.23. The van der Waals surface area contributed by atoms with Crippen LogP contribution in [0.4, 0.5) is 13.2 Å². The molecule has 0 spiro atoms. The molecule has 1 aromatic carbocycles. The maximum Gasteiger partial charge on any atom is 0.573 e. The number of nitrogens with zero attached hydrogens (tertiary/aromatic N) is 2. The van der Waals surface area contributed by atoms with Crippen LogP contribution < -0.4 is 10.1 Å². The van der Waals surface area contributed by atoms with E-state index in [1.165, 1.54) is 12.1 Å². The number of imidazole rings is 1. The fourth-order valence-electron chi connectivity index (χ4n) is 2.13. The summed E-state index contributed by atoms with van der Waals surface area (Å²) >= 11 is 0. The van der Waals surface area contributed by atoms with Gasteiger partial charge in [-0.2, -0.15) is 0 Å². The Labute approximate surface area is 126 Å². The van der Waals surface area contributed by atoms with Crippen LogP contribution in [0.3, 0.4) is 0 Å². The lowest BCUT2D eigenvalue weighted by Crippen LogP contribution is -2.23. The highest BCUT2D eigenvalue weighted by molar-refractivity contribution is 5.28. The first kappa shape index (κ1) is 16.4. The van der Waals surface area contributed by atoms with E-state index in [2.05, 4.69) is 22.0 Å². The molecule has 1 aromatic heterocycles. The third kappa shape index (κ3) is 5.77. The van der Waals surface area contributed by atoms with Crippen molar-refractivity contribution in [2.24, 2.45) is 5.92 Å². The molecule has 0 radical (unpaired) electrons. The van der Waals surface area contributed by atoms with Gasteiger partial charge in [-0.25, -0.2) is 4.98 Å². The number of halogens is 3. The van der Waals surface area contributed by atoms with Gasteiger partial charge in [0.25, 0.3) is 0 Å². The zero-order valence-electron chi connectivity index (χ0n) is 12.2. The molecule has 2 rings (SSSR count). The molecule has 120 valence electrons. The average Bonchev–Trinajstić information content (AvgIpc) is 2.90. The van der Waals surface area contributed by atoms with Gasteiger partial charge in [0.05, 0.1) is 6.33 Å². The van der Waals surface area contributed by atoms with Crippen LogP contribution in [0.1, 0.15) is 12.5 Å². The number of hydrogen-bond acceptors (Lipinski definition) is 3. The maximum atomic E-state index is 12.2. The molecule has 0 aliphatic rings. The van der Waals surface area contributed by atoms with Crippen LogP contribution in [-0.2, 0) is 13.1 Å². The second-order valence-electron chi connectivity index (χ2n) is 5.19. The highest BCUT2D eigenvalue weighted by Gasteiger charge is 2.31. The topological polar surface area (TPSA) is 39.1 Å². The van der Waals surface area contributed by atoms with Crippen molar-refractivity contribution in [3.05, 3.63) is 48.5 Å². The van der Waals surface area contributed by atoms with Crippen molar-refractivity contribution < 1.29 is 17.9 Å². The number of aromatic nitrogens is 2. The lowest BCUT2D eigenvalue weighted by atomic mass is 10.1. The van der Waals surface area contributed by atoms with Crippen LogP contribution in [0.2, 0.25) is 0 Å². The first-order valence-corrected chi connectivity index (χ1v) is 6.93. The normalized spacial score (nSPS) is 13.1. The van der Waals surface area contributed by atoms with Gasteiger partial charge in [0.2, 0.25) is 0 Å². The molecule has 1 N–H and O–H groups in total. The van der Waals surface area contributed by atoms with Crippen LogP contribution in [-0.4, -0.2) is 22.5 Å². The largest absolute Gasteiger partial charge is 0.573 e. The van der Waals surface area contributed by atoms with E-state index in [4.69, 9.17) is 0 Å². The molecule has 0 saturated carbocycles. The zero-order valence-corrected chi connectivity index (χ0v) is 12.2. The number of ether oxygens (including phenoxy) is 1. The Balaban J connectivity index is 1.78. The molecule has 7 heteroatoms. The van der Waals surface area contributed by atoms with Gasteiger partial charge in [-0.3, -0.25) is 0 Å². The number of hydrogen-bond donors (Lipinski definition) is 1. The first-order valence-electron chi connectivity index (χ1n) is 6.93. The molecule has 0 aliphatic carbocycles. The number of benzene rings is 1. The first-order chi connectivity index (χ1) is 10.4. The smallest absolute Gasteiger partial charge is 0.406 e. The maximum absolute atomic E-state index is 12.2. The number of nitrogens with one attached hydrogen (secondary N) is 1. The predicted molar refractivity (Wildman–Crippen MR) is 76.2 cm³/mol. The van der Waals surface area contributed by atoms with Gasteiger partial charge < -0.3 is 14.6 Å². The highest BCUT2D eigenvalue weighted by atomic mass is 19.4. The Hall–Kier alpha value is -2.02. The van der Waals surface area contributed by atoms with Gasteiger partial charge in [-0.15, -0.1) is 13.2 Å². The van der Waals surface area contributed by atoms with E-state index in [-0.39, 0.29) is 5.75 Å². The van der Waals surface area contributed by atoms with E-state index in [1.807, 2.05) is 10.8 Å². The minimum atomic E-state index is -4.66. The summed E-state index contributed by atoms with van der Waals surface area (Å²) < 4.78 is 42.4. The van der Waals surface area contributed by atoms with E-state index in [1.54, 1.807) is 24.7 Å². The Kier molecular flexibility index (Phi) is 5.43. The molecular formula is C15H18F3N3O. The Morgan fingerprint density at radius 2 is 2.18 bits per heavy atom. The van der Waals surface area contributed by atoms with Crippen molar-refractivity contribution >= 4 is 0 Å². The molecule has 22 heavy (non-hydrogen) atoms. The Morgan fingerprint density at radius 1 is 1.36 bits per heavy atom. The quantitative estimate of drug-likeness (QED) is 0.853. The van der Waals surface area contributed by atoms with E-state index >= 15 is 0 Å². The summed E-state index contributed by atoms with van der Waals surface area (Å²) in [7, 11) is 0. The van der Waals surface area contributed by atoms with Crippen LogP contribution in [0.5, 0.6) is 5.75 Å². The van der Waals surface area contributed by atoms with Gasteiger partial charge in [0, 0.05) is 25.5 Å². The molecule has 0 bridgehead atoms. The summed E-state index contributed by atoms with van der Waals surface area (Å²) in [5.74, 6) is 0.182.